The van der Waals surface area contributed by atoms with Crippen LogP contribution in [0.1, 0.15) is 12.6 Å². The van der Waals surface area contributed by atoms with Crippen LogP contribution in [-0.4, -0.2) is 74.2 Å². The molecule has 1 saturated heterocycles. The lowest BCUT2D eigenvalue weighted by Gasteiger charge is -2.49. The fraction of sp³-hybridized carbons (Fsp3) is 0.364. The zero-order valence-electron chi connectivity index (χ0n) is 20.2. The summed E-state index contributed by atoms with van der Waals surface area (Å²) in [6.45, 7) is 0.753. The maximum absolute atomic E-state index is 13.0. The Balaban J connectivity index is 1.44. The number of anilines is 1. The molecule has 2 aliphatic rings. The molecule has 4 rings (SSSR count). The van der Waals surface area contributed by atoms with Crippen molar-refractivity contribution in [3.8, 4) is 0 Å². The largest absolute Gasteiger partial charge is 0.477 e. The highest BCUT2D eigenvalue weighted by Crippen LogP contribution is 2.41. The highest BCUT2D eigenvalue weighted by atomic mass is 32.2. The first kappa shape index (κ1) is 28.7. The molecular formula is C22H22F3N6O5S3+. The average Bonchev–Trinajstić information content (AvgIpc) is 3.31. The van der Waals surface area contributed by atoms with Crippen molar-refractivity contribution in [1.82, 2.24) is 15.2 Å². The Morgan fingerprint density at radius 2 is 2.10 bits per heavy atom. The van der Waals surface area contributed by atoms with E-state index < -0.39 is 41.9 Å². The van der Waals surface area contributed by atoms with Gasteiger partial charge >= 0.3 is 12.1 Å². The van der Waals surface area contributed by atoms with Gasteiger partial charge in [0.15, 0.2) is 23.2 Å². The number of halogens is 3. The summed E-state index contributed by atoms with van der Waals surface area (Å²) in [5.74, 6) is -2.12. The Hall–Kier alpha value is -3.31. The van der Waals surface area contributed by atoms with Gasteiger partial charge < -0.3 is 21.0 Å². The maximum Gasteiger partial charge on any atom is 0.448 e. The van der Waals surface area contributed by atoms with Crippen LogP contribution >= 0.6 is 34.9 Å². The number of nitrogen functional groups attached to an aromatic ring is 1. The first-order chi connectivity index (χ1) is 18.5. The molecule has 0 saturated carbocycles. The number of carbonyl (C=O) groups is 3. The zero-order valence-corrected chi connectivity index (χ0v) is 22.6. The minimum atomic E-state index is -4.34. The molecule has 208 valence electrons. The molecule has 0 unspecified atom stereocenters. The molecule has 2 atom stereocenters. The minimum Gasteiger partial charge on any atom is -0.477 e. The molecule has 0 aromatic carbocycles. The lowest BCUT2D eigenvalue weighted by atomic mass is 10.0. The van der Waals surface area contributed by atoms with Crippen LogP contribution in [0.5, 0.6) is 0 Å². The number of alkyl halides is 3. The van der Waals surface area contributed by atoms with Crippen molar-refractivity contribution in [1.29, 1.82) is 0 Å². The van der Waals surface area contributed by atoms with Crippen molar-refractivity contribution in [3.05, 3.63) is 46.9 Å². The molecular weight excluding hydrogens is 581 g/mol. The number of aliphatic carboxylic acids is 1. The number of thiazole rings is 1. The van der Waals surface area contributed by atoms with Crippen LogP contribution in [0.4, 0.5) is 18.3 Å². The van der Waals surface area contributed by atoms with Gasteiger partial charge in [-0.1, -0.05) is 5.16 Å². The second-order valence-corrected chi connectivity index (χ2v) is 11.2. The SMILES string of the molecule is CCO/N=C(\C(=O)N[C@@H]1C(=O)N2C(C(=O)O)=C(CSc3cc[n+](CC(F)(F)F)cc3)CS[C@H]12)c1csc(N)n1. The molecule has 17 heteroatoms. The van der Waals surface area contributed by atoms with Crippen LogP contribution in [-0.2, 0) is 25.8 Å². The van der Waals surface area contributed by atoms with Gasteiger partial charge in [0, 0.05) is 33.9 Å². The van der Waals surface area contributed by atoms with E-state index in [2.05, 4.69) is 15.5 Å². The Labute approximate surface area is 232 Å². The van der Waals surface area contributed by atoms with E-state index in [9.17, 15) is 32.7 Å². The number of nitrogens with zero attached hydrogens (tertiary/aromatic N) is 4. The van der Waals surface area contributed by atoms with Crippen LogP contribution < -0.4 is 15.6 Å². The lowest BCUT2D eigenvalue weighted by molar-refractivity contribution is -0.719. The van der Waals surface area contributed by atoms with Crippen LogP contribution in [0.3, 0.4) is 0 Å². The molecule has 4 N–H and O–H groups in total. The van der Waals surface area contributed by atoms with Gasteiger partial charge in [0.2, 0.25) is 6.54 Å². The summed E-state index contributed by atoms with van der Waals surface area (Å²) in [4.78, 5) is 48.9. The molecule has 2 aliphatic heterocycles. The van der Waals surface area contributed by atoms with Crippen LogP contribution in [0.2, 0.25) is 0 Å². The second kappa shape index (κ2) is 11.8. The van der Waals surface area contributed by atoms with Crippen LogP contribution in [0.25, 0.3) is 0 Å². The number of aromatic nitrogens is 2. The number of rotatable bonds is 10. The van der Waals surface area contributed by atoms with E-state index in [1.165, 1.54) is 53.4 Å². The Morgan fingerprint density at radius 3 is 2.69 bits per heavy atom. The summed E-state index contributed by atoms with van der Waals surface area (Å²) in [6, 6.07) is 2.02. The Morgan fingerprint density at radius 1 is 1.38 bits per heavy atom. The van der Waals surface area contributed by atoms with E-state index in [1.807, 2.05) is 0 Å². The fourth-order valence-electron chi connectivity index (χ4n) is 3.76. The summed E-state index contributed by atoms with van der Waals surface area (Å²) in [7, 11) is 0. The number of oxime groups is 1. The number of carbonyl (C=O) groups excluding carboxylic acids is 2. The molecule has 0 aliphatic carbocycles. The maximum atomic E-state index is 13.0. The topological polar surface area (TPSA) is 151 Å². The summed E-state index contributed by atoms with van der Waals surface area (Å²) >= 11 is 3.64. The molecule has 0 spiro atoms. The van der Waals surface area contributed by atoms with E-state index in [0.29, 0.717) is 10.5 Å². The molecule has 0 radical (unpaired) electrons. The van der Waals surface area contributed by atoms with E-state index >= 15 is 0 Å². The van der Waals surface area contributed by atoms with Crippen molar-refractivity contribution in [3.63, 3.8) is 0 Å². The molecule has 2 aromatic rings. The van der Waals surface area contributed by atoms with Gasteiger partial charge in [-0.25, -0.2) is 9.78 Å². The van der Waals surface area contributed by atoms with Crippen molar-refractivity contribution in [2.75, 3.05) is 23.8 Å². The number of amides is 2. The normalized spacial score (nSPS) is 19.4. The lowest BCUT2D eigenvalue weighted by Crippen LogP contribution is -2.71. The van der Waals surface area contributed by atoms with E-state index in [4.69, 9.17) is 10.6 Å². The Kier molecular flexibility index (Phi) is 8.70. The van der Waals surface area contributed by atoms with Crippen molar-refractivity contribution >= 4 is 63.5 Å². The smallest absolute Gasteiger partial charge is 0.448 e. The minimum absolute atomic E-state index is 0.164. The summed E-state index contributed by atoms with van der Waals surface area (Å²) < 4.78 is 38.7. The Bertz CT molecular complexity index is 1330. The van der Waals surface area contributed by atoms with E-state index in [1.54, 1.807) is 6.92 Å². The second-order valence-electron chi connectivity index (χ2n) is 8.16. The van der Waals surface area contributed by atoms with E-state index in [0.717, 1.165) is 20.8 Å². The standard InChI is InChI=1S/C22H21F3N6O5S3/c1-2-36-29-14(13-9-39-21(26)27-13)17(32)28-15-18(33)31-16(20(34)35)11(8-38-19(15)31)7-37-12-3-5-30(6-4-12)10-22(23,24)25/h3-6,9,15,19H,2,7-8,10H2,1H3,(H3-,26,27,28,32,34,35)/p+1/b29-14-/t15-,19-/m1/s1. The number of nitrogens with one attached hydrogen (secondary N) is 1. The third-order valence-corrected chi connectivity index (χ3v) is 8.55. The van der Waals surface area contributed by atoms with Gasteiger partial charge in [0.25, 0.3) is 11.8 Å². The first-order valence-electron chi connectivity index (χ1n) is 11.3. The summed E-state index contributed by atoms with van der Waals surface area (Å²) in [5, 5.41) is 17.4. The van der Waals surface area contributed by atoms with E-state index in [-0.39, 0.29) is 40.3 Å². The molecule has 2 amide bonds. The van der Waals surface area contributed by atoms with Gasteiger partial charge in [0.1, 0.15) is 29.4 Å². The summed E-state index contributed by atoms with van der Waals surface area (Å²) in [5.41, 5.74) is 5.98. The monoisotopic (exact) mass is 603 g/mol. The molecule has 2 aromatic heterocycles. The molecule has 39 heavy (non-hydrogen) atoms. The third kappa shape index (κ3) is 6.65. The number of hydrogen-bond donors (Lipinski definition) is 3. The number of pyridine rings is 1. The zero-order chi connectivity index (χ0) is 28.3. The number of carboxylic acids is 1. The predicted octanol–water partition coefficient (Wildman–Crippen LogP) is 1.85. The van der Waals surface area contributed by atoms with Gasteiger partial charge in [-0.3, -0.25) is 14.5 Å². The van der Waals surface area contributed by atoms with Crippen LogP contribution in [0, 0.1) is 0 Å². The van der Waals surface area contributed by atoms with Gasteiger partial charge in [-0.2, -0.15) is 17.7 Å². The predicted molar refractivity (Wildman–Crippen MR) is 138 cm³/mol. The molecule has 4 heterocycles. The quantitative estimate of drug-likeness (QED) is 0.122. The third-order valence-electron chi connectivity index (χ3n) is 5.44. The average molecular weight is 604 g/mol. The molecule has 1 fully saturated rings. The highest BCUT2D eigenvalue weighted by molar-refractivity contribution is 8.01. The highest BCUT2D eigenvalue weighted by Gasteiger charge is 2.54. The number of β-lactam (4-membered cyclic amide) rings is 1. The van der Waals surface area contributed by atoms with Gasteiger partial charge in [0.05, 0.1) is 0 Å². The van der Waals surface area contributed by atoms with Crippen molar-refractivity contribution < 1.29 is 42.1 Å². The fourth-order valence-corrected chi connectivity index (χ4v) is 6.67. The van der Waals surface area contributed by atoms with Gasteiger partial charge in [-0.05, 0) is 12.5 Å². The molecule has 11 nitrogen and oxygen atoms in total. The number of hydrogen-bond acceptors (Lipinski definition) is 10. The number of fused-ring (bicyclic) bond motifs is 1. The number of thioether (sulfide) groups is 2. The number of nitrogens with two attached hydrogens (primary N) is 1. The summed E-state index contributed by atoms with van der Waals surface area (Å²) in [6.07, 6.45) is -1.75. The number of carboxylic acid groups (broad SMARTS) is 1. The van der Waals surface area contributed by atoms with Crippen molar-refractivity contribution in [2.45, 2.75) is 36.0 Å². The molecule has 0 bridgehead atoms. The van der Waals surface area contributed by atoms with Gasteiger partial charge in [-0.15, -0.1) is 34.9 Å². The van der Waals surface area contributed by atoms with Crippen LogP contribution in [0.15, 0.2) is 51.2 Å². The first-order valence-corrected chi connectivity index (χ1v) is 14.2. The van der Waals surface area contributed by atoms with Crippen molar-refractivity contribution in [2.24, 2.45) is 5.16 Å².